The molecule has 0 spiro atoms. The molecule has 0 aromatic carbocycles. The number of aliphatic hydroxyl groups is 1. The fourth-order valence-corrected chi connectivity index (χ4v) is 2.92. The van der Waals surface area contributed by atoms with Crippen LogP contribution in [0.25, 0.3) is 0 Å². The first-order chi connectivity index (χ1) is 9.54. The van der Waals surface area contributed by atoms with E-state index in [1.54, 1.807) is 0 Å². The molecule has 1 aliphatic heterocycles. The minimum Gasteiger partial charge on any atom is -0.376 e. The Hall–Kier alpha value is -0.300. The zero-order valence-electron chi connectivity index (χ0n) is 11.7. The molecule has 1 saturated heterocycles. The summed E-state index contributed by atoms with van der Waals surface area (Å²) in [6.07, 6.45) is 0.0284. The van der Waals surface area contributed by atoms with Crippen molar-refractivity contribution < 1.29 is 9.84 Å². The summed E-state index contributed by atoms with van der Waals surface area (Å²) in [4.78, 5) is 3.02. The minimum atomic E-state index is -0.889. The van der Waals surface area contributed by atoms with Crippen LogP contribution < -0.4 is 10.6 Å². The van der Waals surface area contributed by atoms with E-state index in [-0.39, 0.29) is 12.1 Å². The zero-order chi connectivity index (χ0) is 14.7. The number of ether oxygens (including phenoxy) is 1. The second-order valence-electron chi connectivity index (χ2n) is 4.95. The number of rotatable bonds is 5. The van der Waals surface area contributed by atoms with Crippen LogP contribution in [0, 0.1) is 6.92 Å². The van der Waals surface area contributed by atoms with E-state index < -0.39 is 6.23 Å². The van der Waals surface area contributed by atoms with Gasteiger partial charge in [0.2, 0.25) is 0 Å². The van der Waals surface area contributed by atoms with Crippen molar-refractivity contribution in [3.63, 3.8) is 0 Å². The van der Waals surface area contributed by atoms with Crippen LogP contribution in [0.3, 0.4) is 0 Å². The second kappa shape index (κ2) is 7.11. The first-order valence-corrected chi connectivity index (χ1v) is 7.60. The van der Waals surface area contributed by atoms with Gasteiger partial charge in [0.1, 0.15) is 6.23 Å². The van der Waals surface area contributed by atoms with Gasteiger partial charge in [0.15, 0.2) is 0 Å². The standard InChI is InChI=1S/C13H21Cl2N3O2/c1-3-20-9-6-16-5-4-8(9)18-13(19)12-11(15)10(14)7(2)17-12/h8-9,13,16-19H,3-6H2,1-2H3. The molecule has 0 saturated carbocycles. The number of halogens is 2. The molecular formula is C13H21Cl2N3O2. The molecule has 2 heterocycles. The Balaban J connectivity index is 2.05. The number of hydrogen-bond donors (Lipinski definition) is 4. The van der Waals surface area contributed by atoms with E-state index in [9.17, 15) is 5.11 Å². The molecule has 1 aromatic heterocycles. The predicted molar refractivity (Wildman–Crippen MR) is 80.3 cm³/mol. The lowest BCUT2D eigenvalue weighted by atomic mass is 10.0. The molecule has 114 valence electrons. The fraction of sp³-hybridized carbons (Fsp3) is 0.692. The van der Waals surface area contributed by atoms with Gasteiger partial charge in [-0.1, -0.05) is 23.2 Å². The number of aliphatic hydroxyl groups excluding tert-OH is 1. The third-order valence-corrected chi connectivity index (χ3v) is 4.49. The van der Waals surface area contributed by atoms with E-state index in [0.717, 1.165) is 25.2 Å². The van der Waals surface area contributed by atoms with E-state index in [1.165, 1.54) is 0 Å². The molecule has 3 unspecified atom stereocenters. The highest BCUT2D eigenvalue weighted by Gasteiger charge is 2.28. The van der Waals surface area contributed by atoms with E-state index in [0.29, 0.717) is 22.3 Å². The Bertz CT molecular complexity index is 451. The Morgan fingerprint density at radius 2 is 2.20 bits per heavy atom. The van der Waals surface area contributed by atoms with Crippen LogP contribution in [-0.4, -0.2) is 41.9 Å². The lowest BCUT2D eigenvalue weighted by Crippen LogP contribution is -2.53. The van der Waals surface area contributed by atoms with E-state index in [4.69, 9.17) is 27.9 Å². The lowest BCUT2D eigenvalue weighted by Gasteiger charge is -2.34. The fourth-order valence-electron chi connectivity index (χ4n) is 2.48. The number of aryl methyl sites for hydroxylation is 1. The molecule has 5 nitrogen and oxygen atoms in total. The van der Waals surface area contributed by atoms with Gasteiger partial charge >= 0.3 is 0 Å². The Kier molecular flexibility index (Phi) is 5.72. The predicted octanol–water partition coefficient (Wildman–Crippen LogP) is 1.98. The van der Waals surface area contributed by atoms with Crippen LogP contribution in [0.2, 0.25) is 10.0 Å². The summed E-state index contributed by atoms with van der Waals surface area (Å²) < 4.78 is 5.69. The second-order valence-corrected chi connectivity index (χ2v) is 5.71. The normalized spacial score (nSPS) is 24.9. The van der Waals surface area contributed by atoms with Gasteiger partial charge < -0.3 is 20.1 Å². The average Bonchev–Trinajstić information content (AvgIpc) is 2.69. The van der Waals surface area contributed by atoms with E-state index in [1.807, 2.05) is 13.8 Å². The van der Waals surface area contributed by atoms with Crippen LogP contribution >= 0.6 is 23.2 Å². The molecule has 1 fully saturated rings. The van der Waals surface area contributed by atoms with Crippen molar-refractivity contribution in [1.82, 2.24) is 15.6 Å². The summed E-state index contributed by atoms with van der Waals surface area (Å²) >= 11 is 12.1. The highest BCUT2D eigenvalue weighted by atomic mass is 35.5. The maximum atomic E-state index is 10.3. The van der Waals surface area contributed by atoms with Crippen molar-refractivity contribution >= 4 is 23.2 Å². The first kappa shape index (κ1) is 16.1. The number of nitrogens with one attached hydrogen (secondary N) is 3. The molecule has 0 amide bonds. The third kappa shape index (κ3) is 3.47. The number of H-pyrrole nitrogens is 1. The molecular weight excluding hydrogens is 301 g/mol. The summed E-state index contributed by atoms with van der Waals surface area (Å²) in [6.45, 7) is 6.10. The van der Waals surface area contributed by atoms with Crippen LogP contribution in [-0.2, 0) is 4.74 Å². The molecule has 1 aliphatic rings. The SMILES string of the molecule is CCOC1CNCCC1NC(O)c1[nH]c(C)c(Cl)c1Cl. The maximum Gasteiger partial charge on any atom is 0.147 e. The highest BCUT2D eigenvalue weighted by Crippen LogP contribution is 2.32. The molecule has 20 heavy (non-hydrogen) atoms. The van der Waals surface area contributed by atoms with Gasteiger partial charge in [0.05, 0.1) is 21.8 Å². The highest BCUT2D eigenvalue weighted by molar-refractivity contribution is 6.43. The molecule has 7 heteroatoms. The number of piperidine rings is 1. The van der Waals surface area contributed by atoms with Crippen molar-refractivity contribution in [3.8, 4) is 0 Å². The van der Waals surface area contributed by atoms with Crippen molar-refractivity contribution in [3.05, 3.63) is 21.4 Å². The zero-order valence-corrected chi connectivity index (χ0v) is 13.2. The first-order valence-electron chi connectivity index (χ1n) is 6.84. The van der Waals surface area contributed by atoms with Gasteiger partial charge in [0, 0.05) is 24.9 Å². The van der Waals surface area contributed by atoms with Crippen LogP contribution in [0.4, 0.5) is 0 Å². The quantitative estimate of drug-likeness (QED) is 0.626. The van der Waals surface area contributed by atoms with Gasteiger partial charge in [-0.25, -0.2) is 0 Å². The summed E-state index contributed by atoms with van der Waals surface area (Å²) in [5, 5.41) is 17.6. The number of hydrogen-bond acceptors (Lipinski definition) is 4. The Labute approximate surface area is 129 Å². The van der Waals surface area contributed by atoms with Crippen LogP contribution in [0.1, 0.15) is 31.0 Å². The van der Waals surface area contributed by atoms with Crippen molar-refractivity contribution in [2.45, 2.75) is 38.6 Å². The molecule has 3 atom stereocenters. The number of aromatic nitrogens is 1. The lowest BCUT2D eigenvalue weighted by molar-refractivity contribution is -0.00152. The number of aromatic amines is 1. The molecule has 0 radical (unpaired) electrons. The van der Waals surface area contributed by atoms with Gasteiger partial charge in [-0.2, -0.15) is 0 Å². The third-order valence-electron chi connectivity index (χ3n) is 3.53. The topological polar surface area (TPSA) is 69.3 Å². The Morgan fingerprint density at radius 3 is 2.80 bits per heavy atom. The Morgan fingerprint density at radius 1 is 1.45 bits per heavy atom. The molecule has 1 aromatic rings. The molecule has 4 N–H and O–H groups in total. The van der Waals surface area contributed by atoms with Gasteiger partial charge in [-0.3, -0.25) is 5.32 Å². The largest absolute Gasteiger partial charge is 0.376 e. The van der Waals surface area contributed by atoms with Crippen LogP contribution in [0.5, 0.6) is 0 Å². The van der Waals surface area contributed by atoms with Crippen molar-refractivity contribution in [2.24, 2.45) is 0 Å². The monoisotopic (exact) mass is 321 g/mol. The van der Waals surface area contributed by atoms with Gasteiger partial charge in [0.25, 0.3) is 0 Å². The molecule has 2 rings (SSSR count). The van der Waals surface area contributed by atoms with Crippen LogP contribution in [0.15, 0.2) is 0 Å². The van der Waals surface area contributed by atoms with E-state index in [2.05, 4.69) is 15.6 Å². The summed E-state index contributed by atoms with van der Waals surface area (Å²) in [7, 11) is 0. The van der Waals surface area contributed by atoms with Crippen molar-refractivity contribution in [2.75, 3.05) is 19.7 Å². The van der Waals surface area contributed by atoms with Gasteiger partial charge in [-0.15, -0.1) is 0 Å². The summed E-state index contributed by atoms with van der Waals surface area (Å²) in [6, 6.07) is 0.0737. The summed E-state index contributed by atoms with van der Waals surface area (Å²) in [5.41, 5.74) is 1.25. The maximum absolute atomic E-state index is 10.3. The molecule has 0 bridgehead atoms. The smallest absolute Gasteiger partial charge is 0.147 e. The minimum absolute atomic E-state index is 0.0358. The van der Waals surface area contributed by atoms with Crippen molar-refractivity contribution in [1.29, 1.82) is 0 Å². The molecule has 0 aliphatic carbocycles. The average molecular weight is 322 g/mol. The van der Waals surface area contributed by atoms with Gasteiger partial charge in [-0.05, 0) is 26.8 Å². The summed E-state index contributed by atoms with van der Waals surface area (Å²) in [5.74, 6) is 0. The van der Waals surface area contributed by atoms with E-state index >= 15 is 0 Å².